The highest BCUT2D eigenvalue weighted by atomic mass is 16.5. The molecule has 1 rings (SSSR count). The van der Waals surface area contributed by atoms with Crippen LogP contribution in [-0.2, 0) is 9.53 Å². The van der Waals surface area contributed by atoms with E-state index in [1.807, 2.05) is 38.1 Å². The number of carbonyl (C=O) groups is 1. The van der Waals surface area contributed by atoms with E-state index in [4.69, 9.17) is 4.74 Å². The lowest BCUT2D eigenvalue weighted by Gasteiger charge is -2.11. The molecule has 0 aliphatic carbocycles. The second-order valence-corrected chi connectivity index (χ2v) is 3.95. The van der Waals surface area contributed by atoms with E-state index in [1.54, 1.807) is 0 Å². The largest absolute Gasteiger partial charge is 0.444 e. The van der Waals surface area contributed by atoms with Crippen molar-refractivity contribution in [2.75, 3.05) is 0 Å². The quantitative estimate of drug-likeness (QED) is 0.574. The van der Waals surface area contributed by atoms with Crippen molar-refractivity contribution in [1.82, 2.24) is 0 Å². The van der Waals surface area contributed by atoms with Gasteiger partial charge in [0.2, 0.25) is 0 Å². The molecule has 88 valence electrons. The standard InChI is InChI=1S/C15H16O2/c1-11(2)5-10-15(17-13(4)16)14-8-6-12(3)7-9-14/h6-9,15H,1H2,2-4H3. The van der Waals surface area contributed by atoms with Gasteiger partial charge < -0.3 is 4.74 Å². The molecular weight excluding hydrogens is 212 g/mol. The van der Waals surface area contributed by atoms with Gasteiger partial charge in [0.15, 0.2) is 6.10 Å². The average molecular weight is 228 g/mol. The van der Waals surface area contributed by atoms with Gasteiger partial charge >= 0.3 is 5.97 Å². The number of ether oxygens (including phenoxy) is 1. The number of aryl methyl sites for hydroxylation is 1. The number of rotatable bonds is 2. The van der Waals surface area contributed by atoms with Crippen LogP contribution in [-0.4, -0.2) is 5.97 Å². The van der Waals surface area contributed by atoms with Gasteiger partial charge in [0, 0.05) is 12.5 Å². The second-order valence-electron chi connectivity index (χ2n) is 3.95. The third-order valence-electron chi connectivity index (χ3n) is 2.08. The van der Waals surface area contributed by atoms with Crippen LogP contribution in [0.15, 0.2) is 36.4 Å². The normalized spacial score (nSPS) is 11.0. The van der Waals surface area contributed by atoms with Gasteiger partial charge in [0.25, 0.3) is 0 Å². The minimum Gasteiger partial charge on any atom is -0.444 e. The van der Waals surface area contributed by atoms with E-state index < -0.39 is 6.10 Å². The molecule has 0 aliphatic heterocycles. The smallest absolute Gasteiger partial charge is 0.304 e. The first-order valence-electron chi connectivity index (χ1n) is 5.40. The molecule has 0 bridgehead atoms. The van der Waals surface area contributed by atoms with Crippen molar-refractivity contribution in [3.05, 3.63) is 47.5 Å². The first kappa shape index (κ1) is 13.1. The van der Waals surface area contributed by atoms with Crippen LogP contribution in [0.2, 0.25) is 0 Å². The molecule has 0 amide bonds. The van der Waals surface area contributed by atoms with Crippen molar-refractivity contribution in [3.63, 3.8) is 0 Å². The fourth-order valence-corrected chi connectivity index (χ4v) is 1.28. The van der Waals surface area contributed by atoms with E-state index in [0.29, 0.717) is 0 Å². The van der Waals surface area contributed by atoms with Crippen molar-refractivity contribution in [1.29, 1.82) is 0 Å². The van der Waals surface area contributed by atoms with Gasteiger partial charge in [0.05, 0.1) is 0 Å². The van der Waals surface area contributed by atoms with Crippen LogP contribution in [0.25, 0.3) is 0 Å². The molecule has 0 aromatic heterocycles. The van der Waals surface area contributed by atoms with Crippen molar-refractivity contribution in [3.8, 4) is 11.8 Å². The van der Waals surface area contributed by atoms with E-state index in [9.17, 15) is 4.79 Å². The van der Waals surface area contributed by atoms with E-state index in [1.165, 1.54) is 6.92 Å². The van der Waals surface area contributed by atoms with E-state index in [-0.39, 0.29) is 5.97 Å². The minimum atomic E-state index is -0.523. The molecule has 0 fully saturated rings. The topological polar surface area (TPSA) is 26.3 Å². The minimum absolute atomic E-state index is 0.341. The summed E-state index contributed by atoms with van der Waals surface area (Å²) in [6.45, 7) is 8.90. The van der Waals surface area contributed by atoms with Crippen LogP contribution < -0.4 is 0 Å². The Bertz CT molecular complexity index is 472. The zero-order chi connectivity index (χ0) is 12.8. The zero-order valence-electron chi connectivity index (χ0n) is 10.4. The van der Waals surface area contributed by atoms with E-state index >= 15 is 0 Å². The summed E-state index contributed by atoms with van der Waals surface area (Å²) >= 11 is 0. The van der Waals surface area contributed by atoms with Crippen molar-refractivity contribution in [2.24, 2.45) is 0 Å². The lowest BCUT2D eigenvalue weighted by Crippen LogP contribution is -2.06. The number of allylic oxidation sites excluding steroid dienone is 1. The molecule has 0 heterocycles. The number of benzene rings is 1. The van der Waals surface area contributed by atoms with E-state index in [2.05, 4.69) is 18.4 Å². The first-order valence-corrected chi connectivity index (χ1v) is 5.40. The van der Waals surface area contributed by atoms with Crippen LogP contribution >= 0.6 is 0 Å². The SMILES string of the molecule is C=C(C)C#CC(OC(C)=O)c1ccc(C)cc1. The fraction of sp³-hybridized carbons (Fsp3) is 0.267. The summed E-state index contributed by atoms with van der Waals surface area (Å²) < 4.78 is 5.17. The maximum atomic E-state index is 11.0. The lowest BCUT2D eigenvalue weighted by atomic mass is 10.1. The molecule has 2 heteroatoms. The summed E-state index contributed by atoms with van der Waals surface area (Å²) in [7, 11) is 0. The predicted molar refractivity (Wildman–Crippen MR) is 68.3 cm³/mol. The van der Waals surface area contributed by atoms with Crippen LogP contribution in [0.1, 0.15) is 31.1 Å². The monoisotopic (exact) mass is 228 g/mol. The number of hydrogen-bond donors (Lipinski definition) is 0. The Balaban J connectivity index is 2.98. The second kappa shape index (κ2) is 5.91. The molecule has 1 aromatic rings. The molecule has 0 aliphatic rings. The van der Waals surface area contributed by atoms with Gasteiger partial charge in [-0.1, -0.05) is 42.3 Å². The molecule has 17 heavy (non-hydrogen) atoms. The summed E-state index contributed by atoms with van der Waals surface area (Å²) in [5.74, 6) is 5.39. The lowest BCUT2D eigenvalue weighted by molar-refractivity contribution is -0.144. The van der Waals surface area contributed by atoms with Crippen LogP contribution in [0.5, 0.6) is 0 Å². The third kappa shape index (κ3) is 4.56. The molecule has 2 nitrogen and oxygen atoms in total. The first-order chi connectivity index (χ1) is 7.99. The highest BCUT2D eigenvalue weighted by molar-refractivity contribution is 5.66. The number of esters is 1. The summed E-state index contributed by atoms with van der Waals surface area (Å²) in [5.41, 5.74) is 2.77. The summed E-state index contributed by atoms with van der Waals surface area (Å²) in [6, 6.07) is 7.76. The van der Waals surface area contributed by atoms with Gasteiger partial charge in [-0.05, 0) is 25.3 Å². The zero-order valence-corrected chi connectivity index (χ0v) is 10.4. The highest BCUT2D eigenvalue weighted by Crippen LogP contribution is 2.17. The number of hydrogen-bond acceptors (Lipinski definition) is 2. The Morgan fingerprint density at radius 2 is 1.88 bits per heavy atom. The molecule has 0 N–H and O–H groups in total. The highest BCUT2D eigenvalue weighted by Gasteiger charge is 2.11. The van der Waals surface area contributed by atoms with E-state index in [0.717, 1.165) is 16.7 Å². The Morgan fingerprint density at radius 3 is 2.35 bits per heavy atom. The Labute approximate surface area is 102 Å². The molecule has 1 aromatic carbocycles. The van der Waals surface area contributed by atoms with Gasteiger partial charge in [0.1, 0.15) is 0 Å². The maximum absolute atomic E-state index is 11.0. The molecule has 1 unspecified atom stereocenters. The maximum Gasteiger partial charge on any atom is 0.304 e. The average Bonchev–Trinajstić information content (AvgIpc) is 2.25. The van der Waals surface area contributed by atoms with Crippen LogP contribution in [0.3, 0.4) is 0 Å². The van der Waals surface area contributed by atoms with Gasteiger partial charge in [-0.2, -0.15) is 0 Å². The summed E-state index contributed by atoms with van der Waals surface area (Å²) in [4.78, 5) is 11.0. The Kier molecular flexibility index (Phi) is 4.54. The van der Waals surface area contributed by atoms with Crippen molar-refractivity contribution in [2.45, 2.75) is 26.9 Å². The fourth-order valence-electron chi connectivity index (χ4n) is 1.28. The number of carbonyl (C=O) groups excluding carboxylic acids is 1. The van der Waals surface area contributed by atoms with Gasteiger partial charge in [-0.25, -0.2) is 0 Å². The molecular formula is C15H16O2. The summed E-state index contributed by atoms with van der Waals surface area (Å²) in [5, 5.41) is 0. The molecule has 1 atom stereocenters. The third-order valence-corrected chi connectivity index (χ3v) is 2.08. The van der Waals surface area contributed by atoms with Crippen LogP contribution in [0, 0.1) is 18.8 Å². The molecule has 0 radical (unpaired) electrons. The van der Waals surface area contributed by atoms with Gasteiger partial charge in [-0.15, -0.1) is 0 Å². The van der Waals surface area contributed by atoms with Crippen molar-refractivity contribution < 1.29 is 9.53 Å². The van der Waals surface area contributed by atoms with Gasteiger partial charge in [-0.3, -0.25) is 4.79 Å². The molecule has 0 spiro atoms. The molecule has 0 saturated heterocycles. The summed E-state index contributed by atoms with van der Waals surface area (Å²) in [6.07, 6.45) is -0.523. The Hall–Kier alpha value is -2.01. The molecule has 0 saturated carbocycles. The van der Waals surface area contributed by atoms with Crippen molar-refractivity contribution >= 4 is 5.97 Å². The Morgan fingerprint density at radius 1 is 1.29 bits per heavy atom. The predicted octanol–water partition coefficient (Wildman–Crippen LogP) is 3.18. The van der Waals surface area contributed by atoms with Crippen LogP contribution in [0.4, 0.5) is 0 Å².